The van der Waals surface area contributed by atoms with Gasteiger partial charge in [0.2, 0.25) is 0 Å². The molecule has 0 aliphatic carbocycles. The molecule has 0 unspecified atom stereocenters. The third-order valence-electron chi connectivity index (χ3n) is 2.70. The van der Waals surface area contributed by atoms with Crippen LogP contribution in [0, 0.1) is 6.92 Å². The van der Waals surface area contributed by atoms with Crippen LogP contribution in [0.3, 0.4) is 0 Å². The molecule has 0 N–H and O–H groups in total. The zero-order valence-corrected chi connectivity index (χ0v) is 16.4. The Bertz CT molecular complexity index is 616. The predicted octanol–water partition coefficient (Wildman–Crippen LogP) is 5.52. The van der Waals surface area contributed by atoms with Crippen LogP contribution in [-0.2, 0) is 0 Å². The first kappa shape index (κ1) is 16.0. The summed E-state index contributed by atoms with van der Waals surface area (Å²) in [4.78, 5) is 4.47. The Morgan fingerprint density at radius 3 is 2.30 bits per heavy atom. The van der Waals surface area contributed by atoms with Gasteiger partial charge in [-0.3, -0.25) is 0 Å². The third-order valence-corrected chi connectivity index (χ3v) is 7.10. The fourth-order valence-electron chi connectivity index (χ4n) is 1.60. The van der Waals surface area contributed by atoms with Crippen LogP contribution in [0.25, 0.3) is 3.62 Å². The maximum atomic E-state index is 4.47. The molecule has 0 spiro atoms. The number of rotatable bonds is 4. The van der Waals surface area contributed by atoms with Crippen molar-refractivity contribution in [3.63, 3.8) is 0 Å². The molecule has 0 amide bonds. The van der Waals surface area contributed by atoms with E-state index in [1.165, 1.54) is 14.7 Å². The van der Waals surface area contributed by atoms with E-state index >= 15 is 0 Å². The summed E-state index contributed by atoms with van der Waals surface area (Å²) >= 11 is 6.77. The zero-order chi connectivity index (χ0) is 14.4. The number of allylic oxidation sites excluding steroid dienone is 1. The van der Waals surface area contributed by atoms with Crippen LogP contribution >= 0.6 is 28.7 Å². The molecule has 0 aliphatic heterocycles. The van der Waals surface area contributed by atoms with Crippen LogP contribution in [0.1, 0.15) is 11.1 Å². The number of aryl methyl sites for hydroxylation is 1. The molecule has 2 aromatic rings. The van der Waals surface area contributed by atoms with E-state index in [1.807, 2.05) is 18.3 Å². The van der Waals surface area contributed by atoms with E-state index in [1.54, 1.807) is 0 Å². The van der Waals surface area contributed by atoms with Crippen molar-refractivity contribution in [2.45, 2.75) is 6.92 Å². The molecule has 20 heavy (non-hydrogen) atoms. The molecule has 0 radical (unpaired) electrons. The summed E-state index contributed by atoms with van der Waals surface area (Å²) in [6.45, 7) is 2.08. The minimum absolute atomic E-state index is 0.344. The number of halogens is 2. The van der Waals surface area contributed by atoms with Crippen molar-refractivity contribution in [1.29, 1.82) is 0 Å². The van der Waals surface area contributed by atoms with E-state index in [-0.39, 0.29) is 18.7 Å². The van der Waals surface area contributed by atoms with Gasteiger partial charge in [-0.1, -0.05) is 0 Å². The van der Waals surface area contributed by atoms with Crippen molar-refractivity contribution in [3.8, 4) is 0 Å². The normalized spacial score (nSPS) is 12.1. The zero-order valence-electron chi connectivity index (χ0n) is 10.9. The van der Waals surface area contributed by atoms with Crippen LogP contribution in [0.4, 0.5) is 5.69 Å². The van der Waals surface area contributed by atoms with Crippen LogP contribution in [0.15, 0.2) is 64.1 Å². The van der Waals surface area contributed by atoms with Gasteiger partial charge in [-0.2, -0.15) is 0 Å². The van der Waals surface area contributed by atoms with Gasteiger partial charge in [-0.25, -0.2) is 0 Å². The number of benzene rings is 2. The van der Waals surface area contributed by atoms with Crippen molar-refractivity contribution in [2.75, 3.05) is 0 Å². The van der Waals surface area contributed by atoms with Gasteiger partial charge in [0.1, 0.15) is 0 Å². The van der Waals surface area contributed by atoms with Crippen molar-refractivity contribution in [3.05, 3.63) is 70.2 Å². The van der Waals surface area contributed by atoms with Gasteiger partial charge in [0.15, 0.2) is 0 Å². The second kappa shape index (κ2) is 8.14. The Morgan fingerprint density at radius 2 is 1.70 bits per heavy atom. The Hall–Kier alpha value is -0.400. The van der Waals surface area contributed by atoms with Gasteiger partial charge < -0.3 is 0 Å². The summed E-state index contributed by atoms with van der Waals surface area (Å²) in [7, 11) is 0. The van der Waals surface area contributed by atoms with E-state index in [4.69, 9.17) is 0 Å². The van der Waals surface area contributed by atoms with Crippen molar-refractivity contribution in [2.24, 2.45) is 4.99 Å². The molecule has 0 saturated heterocycles. The molecule has 2 aromatic carbocycles. The second-order valence-electron chi connectivity index (χ2n) is 4.23. The third kappa shape index (κ3) is 4.86. The van der Waals surface area contributed by atoms with Crippen LogP contribution in [0.2, 0.25) is 0 Å². The number of nitrogens with zero attached hydrogens (tertiary/aromatic N) is 1. The topological polar surface area (TPSA) is 12.4 Å². The first-order valence-electron chi connectivity index (χ1n) is 6.04. The first-order valence-corrected chi connectivity index (χ1v) is 13.2. The summed E-state index contributed by atoms with van der Waals surface area (Å²) in [6, 6.07) is 16.6. The number of hydrogen-bond donors (Lipinski definition) is 0. The Morgan fingerprint density at radius 1 is 1.05 bits per heavy atom. The van der Waals surface area contributed by atoms with E-state index in [9.17, 15) is 0 Å². The molecule has 0 saturated carbocycles. The molecule has 0 heterocycles. The van der Waals surface area contributed by atoms with E-state index < -0.39 is 0 Å². The number of hydrogen-bond acceptors (Lipinski definition) is 1. The van der Waals surface area contributed by atoms with E-state index in [2.05, 4.69) is 83.1 Å². The average Bonchev–Trinajstić information content (AvgIpc) is 2.47. The van der Waals surface area contributed by atoms with Crippen LogP contribution in [-0.4, -0.2) is 24.9 Å². The summed E-state index contributed by atoms with van der Waals surface area (Å²) < 4.78 is 2.43. The van der Waals surface area contributed by atoms with Gasteiger partial charge in [0, 0.05) is 0 Å². The van der Waals surface area contributed by atoms with Crippen molar-refractivity contribution >= 4 is 62.9 Å². The van der Waals surface area contributed by atoms with Gasteiger partial charge in [0.05, 0.1) is 0 Å². The van der Waals surface area contributed by atoms with Gasteiger partial charge >= 0.3 is 145 Å². The summed E-state index contributed by atoms with van der Waals surface area (Å²) in [5.74, 6) is 0. The molecule has 4 heteroatoms. The fraction of sp³-hybridized carbons (Fsp3) is 0.0625. The molecule has 0 aliphatic rings. The van der Waals surface area contributed by atoms with Crippen molar-refractivity contribution in [1.82, 2.24) is 0 Å². The molecule has 0 fully saturated rings. The van der Waals surface area contributed by atoms with Crippen molar-refractivity contribution < 1.29 is 0 Å². The summed E-state index contributed by atoms with van der Waals surface area (Å²) in [5.41, 5.74) is 3.49. The fourth-order valence-corrected chi connectivity index (χ4v) is 4.81. The standard InChI is InChI=1S/C16H13Br2NTe/c1-12-2-8-15(9-3-12)19-11-10-16(20-18)13-4-6-14(17)7-5-13/h2-11H,1H3/b16-10-,19-11?. The monoisotopic (exact) mass is 507 g/mol. The Kier molecular flexibility index (Phi) is 6.51. The first-order chi connectivity index (χ1) is 9.69. The van der Waals surface area contributed by atoms with Gasteiger partial charge in [-0.05, 0) is 0 Å². The predicted molar refractivity (Wildman–Crippen MR) is 96.1 cm³/mol. The Labute approximate surface area is 144 Å². The summed E-state index contributed by atoms with van der Waals surface area (Å²) in [5, 5.41) is 0. The molecule has 1 nitrogen and oxygen atoms in total. The maximum absolute atomic E-state index is 4.47. The quantitative estimate of drug-likeness (QED) is 0.383. The van der Waals surface area contributed by atoms with Crippen LogP contribution < -0.4 is 0 Å². The SMILES string of the molecule is Cc1ccc(N=C/C=C(\[Te]Br)c2ccc(Br)cc2)cc1. The molecular weight excluding hydrogens is 494 g/mol. The number of aliphatic imine (C=N–C) groups is 1. The van der Waals surface area contributed by atoms with Gasteiger partial charge in [0.25, 0.3) is 0 Å². The molecular formula is C16H13Br2NTe. The second-order valence-corrected chi connectivity index (χ2v) is 9.01. The molecule has 102 valence electrons. The average molecular weight is 507 g/mol. The van der Waals surface area contributed by atoms with E-state index in [0.29, 0.717) is 0 Å². The molecule has 0 bridgehead atoms. The van der Waals surface area contributed by atoms with Gasteiger partial charge in [-0.15, -0.1) is 0 Å². The molecule has 0 atom stereocenters. The Balaban J connectivity index is 2.15. The van der Waals surface area contributed by atoms with Crippen LogP contribution in [0.5, 0.6) is 0 Å². The summed E-state index contributed by atoms with van der Waals surface area (Å²) in [6.07, 6.45) is 3.98. The molecule has 0 aromatic heterocycles. The minimum atomic E-state index is -0.344. The molecule has 2 rings (SSSR count). The van der Waals surface area contributed by atoms with E-state index in [0.717, 1.165) is 10.2 Å².